The zero-order chi connectivity index (χ0) is 15.4. The van der Waals surface area contributed by atoms with Crippen molar-refractivity contribution in [2.45, 2.75) is 12.8 Å². The highest BCUT2D eigenvalue weighted by atomic mass is 32.1. The standard InChI is InChI=1S/C15H15N5OS/c1-20-9-11(8-17-20)5-6-14(21)19-15-18-13(10-22-15)12-4-2-3-7-16-12/h2-4,7-10H,5-6H2,1H3,(H,18,19,21). The van der Waals surface area contributed by atoms with Crippen LogP contribution in [0.1, 0.15) is 12.0 Å². The summed E-state index contributed by atoms with van der Waals surface area (Å²) in [5.41, 5.74) is 2.62. The molecule has 0 bridgehead atoms. The van der Waals surface area contributed by atoms with Crippen LogP contribution in [0.2, 0.25) is 0 Å². The molecule has 0 aliphatic rings. The van der Waals surface area contributed by atoms with Crippen molar-refractivity contribution in [1.29, 1.82) is 0 Å². The fraction of sp³-hybridized carbons (Fsp3) is 0.200. The summed E-state index contributed by atoms with van der Waals surface area (Å²) in [6, 6.07) is 5.66. The molecule has 0 fully saturated rings. The van der Waals surface area contributed by atoms with Crippen molar-refractivity contribution >= 4 is 22.4 Å². The van der Waals surface area contributed by atoms with Crippen molar-refractivity contribution in [3.05, 3.63) is 47.7 Å². The van der Waals surface area contributed by atoms with Gasteiger partial charge in [-0.3, -0.25) is 14.5 Å². The molecule has 0 radical (unpaired) electrons. The van der Waals surface area contributed by atoms with Crippen LogP contribution in [-0.2, 0) is 18.3 Å². The Hall–Kier alpha value is -2.54. The van der Waals surface area contributed by atoms with Crippen LogP contribution in [0.15, 0.2) is 42.2 Å². The first-order valence-corrected chi connectivity index (χ1v) is 7.73. The molecular formula is C15H15N5OS. The van der Waals surface area contributed by atoms with E-state index >= 15 is 0 Å². The molecule has 1 N–H and O–H groups in total. The number of pyridine rings is 1. The summed E-state index contributed by atoms with van der Waals surface area (Å²) in [7, 11) is 1.86. The van der Waals surface area contributed by atoms with Gasteiger partial charge in [0, 0.05) is 31.2 Å². The number of nitrogens with one attached hydrogen (secondary N) is 1. The minimum Gasteiger partial charge on any atom is -0.302 e. The number of hydrogen-bond acceptors (Lipinski definition) is 5. The van der Waals surface area contributed by atoms with Gasteiger partial charge in [-0.2, -0.15) is 5.10 Å². The molecule has 6 nitrogen and oxygen atoms in total. The molecular weight excluding hydrogens is 298 g/mol. The number of carbonyl (C=O) groups excluding carboxylic acids is 1. The molecule has 0 aromatic carbocycles. The van der Waals surface area contributed by atoms with Gasteiger partial charge in [0.1, 0.15) is 5.69 Å². The van der Waals surface area contributed by atoms with Gasteiger partial charge in [0.15, 0.2) is 5.13 Å². The van der Waals surface area contributed by atoms with Gasteiger partial charge < -0.3 is 5.32 Å². The number of thiazole rings is 1. The largest absolute Gasteiger partial charge is 0.302 e. The molecule has 0 aliphatic heterocycles. The van der Waals surface area contributed by atoms with E-state index in [1.54, 1.807) is 17.1 Å². The maximum atomic E-state index is 12.0. The van der Waals surface area contributed by atoms with Gasteiger partial charge >= 0.3 is 0 Å². The van der Waals surface area contributed by atoms with E-state index in [0.717, 1.165) is 17.0 Å². The Bertz CT molecular complexity index is 765. The zero-order valence-electron chi connectivity index (χ0n) is 12.1. The second-order valence-corrected chi connectivity index (χ2v) is 5.68. The van der Waals surface area contributed by atoms with E-state index < -0.39 is 0 Å². The average Bonchev–Trinajstić information content (AvgIpc) is 3.15. The Morgan fingerprint density at radius 3 is 3.00 bits per heavy atom. The predicted octanol–water partition coefficient (Wildman–Crippen LogP) is 2.51. The fourth-order valence-electron chi connectivity index (χ4n) is 2.00. The SMILES string of the molecule is Cn1cc(CCC(=O)Nc2nc(-c3ccccn3)cs2)cn1. The zero-order valence-corrected chi connectivity index (χ0v) is 12.9. The lowest BCUT2D eigenvalue weighted by atomic mass is 10.2. The second-order valence-electron chi connectivity index (χ2n) is 4.82. The Morgan fingerprint density at radius 1 is 1.36 bits per heavy atom. The van der Waals surface area contributed by atoms with Crippen molar-refractivity contribution in [2.24, 2.45) is 7.05 Å². The van der Waals surface area contributed by atoms with Crippen LogP contribution < -0.4 is 5.32 Å². The molecule has 0 saturated heterocycles. The van der Waals surface area contributed by atoms with E-state index in [9.17, 15) is 4.79 Å². The lowest BCUT2D eigenvalue weighted by Crippen LogP contribution is -2.12. The highest BCUT2D eigenvalue weighted by Gasteiger charge is 2.09. The minimum absolute atomic E-state index is 0.0502. The lowest BCUT2D eigenvalue weighted by molar-refractivity contribution is -0.116. The summed E-state index contributed by atoms with van der Waals surface area (Å²) >= 11 is 1.40. The molecule has 1 amide bonds. The summed E-state index contributed by atoms with van der Waals surface area (Å²) in [5.74, 6) is -0.0502. The van der Waals surface area contributed by atoms with E-state index in [0.29, 0.717) is 18.0 Å². The molecule has 3 rings (SSSR count). The first kappa shape index (κ1) is 14.4. The smallest absolute Gasteiger partial charge is 0.226 e. The number of rotatable bonds is 5. The molecule has 0 saturated carbocycles. The molecule has 22 heavy (non-hydrogen) atoms. The quantitative estimate of drug-likeness (QED) is 0.785. The van der Waals surface area contributed by atoms with E-state index in [1.165, 1.54) is 11.3 Å². The van der Waals surface area contributed by atoms with Crippen LogP contribution in [0, 0.1) is 0 Å². The predicted molar refractivity (Wildman–Crippen MR) is 85.5 cm³/mol. The molecule has 3 heterocycles. The Kier molecular flexibility index (Phi) is 4.24. The Morgan fingerprint density at radius 2 is 2.27 bits per heavy atom. The number of hydrogen-bond donors (Lipinski definition) is 1. The number of amides is 1. The normalized spacial score (nSPS) is 10.6. The van der Waals surface area contributed by atoms with Crippen LogP contribution in [0.25, 0.3) is 11.4 Å². The maximum Gasteiger partial charge on any atom is 0.226 e. The van der Waals surface area contributed by atoms with Gasteiger partial charge in [-0.25, -0.2) is 4.98 Å². The summed E-state index contributed by atoms with van der Waals surface area (Å²) in [5, 5.41) is 9.39. The molecule has 0 spiro atoms. The second kappa shape index (κ2) is 6.48. The third kappa shape index (κ3) is 3.56. The number of anilines is 1. The Labute approximate surface area is 131 Å². The van der Waals surface area contributed by atoms with E-state index in [2.05, 4.69) is 20.4 Å². The van der Waals surface area contributed by atoms with Crippen molar-refractivity contribution in [2.75, 3.05) is 5.32 Å². The summed E-state index contributed by atoms with van der Waals surface area (Å²) in [6.07, 6.45) is 6.48. The van der Waals surface area contributed by atoms with Gasteiger partial charge in [-0.15, -0.1) is 11.3 Å². The third-order valence-electron chi connectivity index (χ3n) is 3.08. The van der Waals surface area contributed by atoms with Gasteiger partial charge in [0.05, 0.1) is 11.9 Å². The topological polar surface area (TPSA) is 72.7 Å². The molecule has 3 aromatic rings. The number of nitrogens with zero attached hydrogens (tertiary/aromatic N) is 4. The van der Waals surface area contributed by atoms with Crippen LogP contribution >= 0.6 is 11.3 Å². The summed E-state index contributed by atoms with van der Waals surface area (Å²) in [6.45, 7) is 0. The van der Waals surface area contributed by atoms with Crippen molar-refractivity contribution in [1.82, 2.24) is 19.7 Å². The average molecular weight is 313 g/mol. The Balaban J connectivity index is 1.57. The number of aryl methyl sites for hydroxylation is 2. The minimum atomic E-state index is -0.0502. The van der Waals surface area contributed by atoms with Crippen LogP contribution in [0.4, 0.5) is 5.13 Å². The van der Waals surface area contributed by atoms with Crippen molar-refractivity contribution in [3.8, 4) is 11.4 Å². The molecule has 0 atom stereocenters. The summed E-state index contributed by atoms with van der Waals surface area (Å²) in [4.78, 5) is 20.6. The molecule has 3 aromatic heterocycles. The fourth-order valence-corrected chi connectivity index (χ4v) is 2.72. The van der Waals surface area contributed by atoms with Crippen LogP contribution in [-0.4, -0.2) is 25.7 Å². The molecule has 7 heteroatoms. The monoisotopic (exact) mass is 313 g/mol. The third-order valence-corrected chi connectivity index (χ3v) is 3.83. The molecule has 0 aliphatic carbocycles. The molecule has 0 unspecified atom stereocenters. The first-order valence-electron chi connectivity index (χ1n) is 6.85. The highest BCUT2D eigenvalue weighted by Crippen LogP contribution is 2.23. The van der Waals surface area contributed by atoms with Crippen molar-refractivity contribution < 1.29 is 4.79 Å². The first-order chi connectivity index (χ1) is 10.7. The van der Waals surface area contributed by atoms with Gasteiger partial charge in [-0.05, 0) is 24.1 Å². The maximum absolute atomic E-state index is 12.0. The van der Waals surface area contributed by atoms with E-state index in [-0.39, 0.29) is 5.91 Å². The van der Waals surface area contributed by atoms with E-state index in [4.69, 9.17) is 0 Å². The van der Waals surface area contributed by atoms with Gasteiger partial charge in [-0.1, -0.05) is 6.07 Å². The van der Waals surface area contributed by atoms with Crippen LogP contribution in [0.3, 0.4) is 0 Å². The molecule has 112 valence electrons. The lowest BCUT2D eigenvalue weighted by Gasteiger charge is -2.00. The van der Waals surface area contributed by atoms with Gasteiger partial charge in [0.2, 0.25) is 5.91 Å². The van der Waals surface area contributed by atoms with Gasteiger partial charge in [0.25, 0.3) is 0 Å². The van der Waals surface area contributed by atoms with Crippen molar-refractivity contribution in [3.63, 3.8) is 0 Å². The van der Waals surface area contributed by atoms with E-state index in [1.807, 2.05) is 36.8 Å². The number of aromatic nitrogens is 4. The van der Waals surface area contributed by atoms with Crippen LogP contribution in [0.5, 0.6) is 0 Å². The summed E-state index contributed by atoms with van der Waals surface area (Å²) < 4.78 is 1.73. The number of carbonyl (C=O) groups is 1. The highest BCUT2D eigenvalue weighted by molar-refractivity contribution is 7.14.